The molecule has 1 aliphatic rings. The molecule has 1 aromatic heterocycles. The van der Waals surface area contributed by atoms with Gasteiger partial charge in [-0.1, -0.05) is 6.07 Å². The Morgan fingerprint density at radius 3 is 3.00 bits per heavy atom. The van der Waals surface area contributed by atoms with Crippen LogP contribution in [0.4, 0.5) is 0 Å². The number of hydrogen-bond acceptors (Lipinski definition) is 4. The van der Waals surface area contributed by atoms with Crippen molar-refractivity contribution < 1.29 is 4.74 Å². The molecule has 2 heterocycles. The van der Waals surface area contributed by atoms with Crippen molar-refractivity contribution in [1.29, 1.82) is 0 Å². The second kappa shape index (κ2) is 6.98. The van der Waals surface area contributed by atoms with Crippen LogP contribution in [-0.4, -0.2) is 42.2 Å². The maximum absolute atomic E-state index is 5.98. The standard InChI is InChI=1S/C15H25N3O/c1-3-19-14-5-4-8-18(11-14)15(9-16)13-7-6-12(2)17-10-13/h6-7,10,14-15H,3-5,8-9,11,16H2,1-2H3. The van der Waals surface area contributed by atoms with Crippen molar-refractivity contribution in [3.05, 3.63) is 29.6 Å². The van der Waals surface area contributed by atoms with Gasteiger partial charge in [0.1, 0.15) is 0 Å². The van der Waals surface area contributed by atoms with E-state index < -0.39 is 0 Å². The molecular weight excluding hydrogens is 238 g/mol. The van der Waals surface area contributed by atoms with Crippen molar-refractivity contribution in [3.8, 4) is 0 Å². The number of nitrogens with two attached hydrogens (primary N) is 1. The first-order chi connectivity index (χ1) is 9.24. The molecule has 1 saturated heterocycles. The second-order valence-corrected chi connectivity index (χ2v) is 5.20. The topological polar surface area (TPSA) is 51.4 Å². The number of ether oxygens (including phenoxy) is 1. The predicted molar refractivity (Wildman–Crippen MR) is 77.0 cm³/mol. The molecule has 0 aliphatic carbocycles. The van der Waals surface area contributed by atoms with Crippen molar-refractivity contribution in [2.45, 2.75) is 38.8 Å². The van der Waals surface area contributed by atoms with E-state index in [1.807, 2.05) is 13.1 Å². The molecule has 0 bridgehead atoms. The summed E-state index contributed by atoms with van der Waals surface area (Å²) >= 11 is 0. The van der Waals surface area contributed by atoms with Gasteiger partial charge < -0.3 is 10.5 Å². The summed E-state index contributed by atoms with van der Waals surface area (Å²) in [5.41, 5.74) is 8.24. The molecule has 0 spiro atoms. The van der Waals surface area contributed by atoms with E-state index in [0.717, 1.165) is 31.8 Å². The summed E-state index contributed by atoms with van der Waals surface area (Å²) < 4.78 is 5.76. The highest BCUT2D eigenvalue weighted by molar-refractivity contribution is 5.18. The van der Waals surface area contributed by atoms with Crippen LogP contribution in [0.1, 0.15) is 37.1 Å². The van der Waals surface area contributed by atoms with Crippen LogP contribution in [0.3, 0.4) is 0 Å². The van der Waals surface area contributed by atoms with E-state index in [1.54, 1.807) is 0 Å². The van der Waals surface area contributed by atoms with Crippen LogP contribution in [-0.2, 0) is 4.74 Å². The lowest BCUT2D eigenvalue weighted by molar-refractivity contribution is -0.00663. The second-order valence-electron chi connectivity index (χ2n) is 5.20. The molecule has 106 valence electrons. The molecule has 2 unspecified atom stereocenters. The van der Waals surface area contributed by atoms with Crippen LogP contribution in [0.2, 0.25) is 0 Å². The number of aryl methyl sites for hydroxylation is 1. The number of pyridine rings is 1. The number of piperidine rings is 1. The largest absolute Gasteiger partial charge is 0.377 e. The molecule has 0 saturated carbocycles. The fourth-order valence-corrected chi connectivity index (χ4v) is 2.79. The molecule has 2 atom stereocenters. The Kier molecular flexibility index (Phi) is 5.31. The fourth-order valence-electron chi connectivity index (χ4n) is 2.79. The minimum atomic E-state index is 0.261. The monoisotopic (exact) mass is 263 g/mol. The summed E-state index contributed by atoms with van der Waals surface area (Å²) in [6.45, 7) is 7.56. The SMILES string of the molecule is CCOC1CCCN(C(CN)c2ccc(C)nc2)C1. The highest BCUT2D eigenvalue weighted by Crippen LogP contribution is 2.24. The number of hydrogen-bond donors (Lipinski definition) is 1. The summed E-state index contributed by atoms with van der Waals surface area (Å²) in [4.78, 5) is 6.83. The zero-order valence-electron chi connectivity index (χ0n) is 12.0. The molecule has 1 aromatic rings. The summed E-state index contributed by atoms with van der Waals surface area (Å²) in [6, 6.07) is 4.46. The van der Waals surface area contributed by atoms with Gasteiger partial charge in [0.05, 0.1) is 6.10 Å². The first-order valence-electron chi connectivity index (χ1n) is 7.22. The Bertz CT molecular complexity index is 377. The molecule has 19 heavy (non-hydrogen) atoms. The molecule has 1 aliphatic heterocycles. The molecule has 4 heteroatoms. The van der Waals surface area contributed by atoms with Gasteiger partial charge in [0.2, 0.25) is 0 Å². The predicted octanol–water partition coefficient (Wildman–Crippen LogP) is 1.89. The Morgan fingerprint density at radius 2 is 2.37 bits per heavy atom. The third-order valence-corrected chi connectivity index (χ3v) is 3.79. The molecule has 0 amide bonds. The van der Waals surface area contributed by atoms with Gasteiger partial charge in [0.25, 0.3) is 0 Å². The Balaban J connectivity index is 2.06. The number of nitrogens with zero attached hydrogens (tertiary/aromatic N) is 2. The van der Waals surface area contributed by atoms with Gasteiger partial charge in [0, 0.05) is 37.6 Å². The lowest BCUT2D eigenvalue weighted by Crippen LogP contribution is -2.44. The molecule has 2 rings (SSSR count). The Hall–Kier alpha value is -0.970. The van der Waals surface area contributed by atoms with E-state index >= 15 is 0 Å². The normalized spacial score (nSPS) is 22.4. The van der Waals surface area contributed by atoms with Gasteiger partial charge in [-0.05, 0) is 44.9 Å². The molecule has 0 aromatic carbocycles. The number of likely N-dealkylation sites (tertiary alicyclic amines) is 1. The van der Waals surface area contributed by atoms with Crippen molar-refractivity contribution in [2.75, 3.05) is 26.2 Å². The molecule has 1 fully saturated rings. The van der Waals surface area contributed by atoms with Crippen LogP contribution < -0.4 is 5.73 Å². The average molecular weight is 263 g/mol. The Morgan fingerprint density at radius 1 is 1.53 bits per heavy atom. The maximum atomic E-state index is 5.98. The van der Waals surface area contributed by atoms with Gasteiger partial charge in [-0.25, -0.2) is 0 Å². The van der Waals surface area contributed by atoms with Gasteiger partial charge in [-0.2, -0.15) is 0 Å². The summed E-state index contributed by atoms with van der Waals surface area (Å²) in [6.07, 6.45) is 4.65. The van der Waals surface area contributed by atoms with Gasteiger partial charge in [-0.15, -0.1) is 0 Å². The van der Waals surface area contributed by atoms with Crippen molar-refractivity contribution in [3.63, 3.8) is 0 Å². The van der Waals surface area contributed by atoms with E-state index in [-0.39, 0.29) is 6.04 Å². The molecule has 2 N–H and O–H groups in total. The van der Waals surface area contributed by atoms with Crippen LogP contribution in [0.15, 0.2) is 18.3 Å². The minimum Gasteiger partial charge on any atom is -0.377 e. The van der Waals surface area contributed by atoms with Crippen LogP contribution >= 0.6 is 0 Å². The molecule has 4 nitrogen and oxygen atoms in total. The Labute approximate surface area is 116 Å². The van der Waals surface area contributed by atoms with Gasteiger partial charge in [0.15, 0.2) is 0 Å². The maximum Gasteiger partial charge on any atom is 0.0702 e. The lowest BCUT2D eigenvalue weighted by atomic mass is 10.0. The van der Waals surface area contributed by atoms with Gasteiger partial charge in [-0.3, -0.25) is 9.88 Å². The molecular formula is C15H25N3O. The zero-order valence-corrected chi connectivity index (χ0v) is 12.0. The summed E-state index contributed by atoms with van der Waals surface area (Å²) in [5.74, 6) is 0. The van der Waals surface area contributed by atoms with Crippen molar-refractivity contribution >= 4 is 0 Å². The zero-order chi connectivity index (χ0) is 13.7. The molecule has 0 radical (unpaired) electrons. The quantitative estimate of drug-likeness (QED) is 0.881. The van der Waals surface area contributed by atoms with Crippen LogP contribution in [0.25, 0.3) is 0 Å². The summed E-state index contributed by atoms with van der Waals surface area (Å²) in [5, 5.41) is 0. The minimum absolute atomic E-state index is 0.261. The van der Waals surface area contributed by atoms with E-state index in [2.05, 4.69) is 28.9 Å². The highest BCUT2D eigenvalue weighted by atomic mass is 16.5. The fraction of sp³-hybridized carbons (Fsp3) is 0.667. The van der Waals surface area contributed by atoms with E-state index in [1.165, 1.54) is 12.0 Å². The lowest BCUT2D eigenvalue weighted by Gasteiger charge is -2.37. The highest BCUT2D eigenvalue weighted by Gasteiger charge is 2.26. The summed E-state index contributed by atoms with van der Waals surface area (Å²) in [7, 11) is 0. The first-order valence-corrected chi connectivity index (χ1v) is 7.22. The van der Waals surface area contributed by atoms with E-state index in [4.69, 9.17) is 10.5 Å². The first kappa shape index (κ1) is 14.4. The van der Waals surface area contributed by atoms with Crippen molar-refractivity contribution in [2.24, 2.45) is 5.73 Å². The average Bonchev–Trinajstić information content (AvgIpc) is 2.43. The van der Waals surface area contributed by atoms with Crippen molar-refractivity contribution in [1.82, 2.24) is 9.88 Å². The number of aromatic nitrogens is 1. The van der Waals surface area contributed by atoms with Gasteiger partial charge >= 0.3 is 0 Å². The van der Waals surface area contributed by atoms with Crippen LogP contribution in [0, 0.1) is 6.92 Å². The number of rotatable bonds is 5. The third-order valence-electron chi connectivity index (χ3n) is 3.79. The smallest absolute Gasteiger partial charge is 0.0702 e. The van der Waals surface area contributed by atoms with Crippen LogP contribution in [0.5, 0.6) is 0 Å². The van der Waals surface area contributed by atoms with E-state index in [9.17, 15) is 0 Å². The van der Waals surface area contributed by atoms with E-state index in [0.29, 0.717) is 12.6 Å². The third kappa shape index (κ3) is 3.75.